The Morgan fingerprint density at radius 2 is 2.04 bits per heavy atom. The number of nitrogens with zero attached hydrogens (tertiary/aromatic N) is 2. The summed E-state index contributed by atoms with van der Waals surface area (Å²) in [4.78, 5) is 16.2. The molecule has 0 saturated heterocycles. The zero-order valence-electron chi connectivity index (χ0n) is 12.9. The number of anilines is 1. The van der Waals surface area contributed by atoms with Crippen molar-refractivity contribution in [2.75, 3.05) is 5.32 Å². The van der Waals surface area contributed by atoms with Gasteiger partial charge in [0.2, 0.25) is 11.7 Å². The van der Waals surface area contributed by atoms with Crippen molar-refractivity contribution in [3.63, 3.8) is 0 Å². The number of nitrogens with one attached hydrogen (secondary N) is 2. The van der Waals surface area contributed by atoms with Gasteiger partial charge in [-0.2, -0.15) is 4.98 Å². The molecule has 3 rings (SSSR count). The van der Waals surface area contributed by atoms with E-state index in [-0.39, 0.29) is 12.6 Å². The molecule has 0 radical (unpaired) electrons. The van der Waals surface area contributed by atoms with Crippen LogP contribution in [-0.2, 0) is 6.54 Å². The van der Waals surface area contributed by atoms with E-state index in [2.05, 4.69) is 20.8 Å². The number of aryl methyl sites for hydroxylation is 1. The molecule has 0 saturated carbocycles. The second-order valence-electron chi connectivity index (χ2n) is 5.14. The van der Waals surface area contributed by atoms with Crippen LogP contribution in [0.4, 0.5) is 10.5 Å². The van der Waals surface area contributed by atoms with Crippen LogP contribution in [0, 0.1) is 6.92 Å². The molecule has 0 spiro atoms. The Hall–Kier alpha value is -2.86. The third-order valence-electron chi connectivity index (χ3n) is 3.34. The summed E-state index contributed by atoms with van der Waals surface area (Å²) in [6.45, 7) is 2.10. The van der Waals surface area contributed by atoms with Crippen molar-refractivity contribution in [2.24, 2.45) is 0 Å². The fraction of sp³-hybridized carbons (Fsp3) is 0.118. The molecule has 2 N–H and O–H groups in total. The largest absolute Gasteiger partial charge is 0.337 e. The van der Waals surface area contributed by atoms with Gasteiger partial charge in [0.05, 0.1) is 6.54 Å². The minimum absolute atomic E-state index is 0.130. The van der Waals surface area contributed by atoms with Crippen molar-refractivity contribution in [1.82, 2.24) is 15.5 Å². The van der Waals surface area contributed by atoms with Crippen LogP contribution < -0.4 is 10.6 Å². The van der Waals surface area contributed by atoms with Gasteiger partial charge in [-0.15, -0.1) is 0 Å². The minimum Gasteiger partial charge on any atom is -0.337 e. The highest BCUT2D eigenvalue weighted by Gasteiger charge is 2.11. The van der Waals surface area contributed by atoms with Gasteiger partial charge in [0.25, 0.3) is 0 Å². The fourth-order valence-corrected chi connectivity index (χ4v) is 2.35. The number of amides is 2. The fourth-order valence-electron chi connectivity index (χ4n) is 2.16. The Bertz CT molecular complexity index is 863. The lowest BCUT2D eigenvalue weighted by atomic mass is 10.1. The van der Waals surface area contributed by atoms with Gasteiger partial charge in [-0.25, -0.2) is 4.79 Å². The second kappa shape index (κ2) is 7.14. The lowest BCUT2D eigenvalue weighted by Gasteiger charge is -2.05. The number of halogens is 1. The number of hydrogen-bond acceptors (Lipinski definition) is 4. The van der Waals surface area contributed by atoms with Gasteiger partial charge in [-0.05, 0) is 30.7 Å². The summed E-state index contributed by atoms with van der Waals surface area (Å²) in [5.41, 5.74) is 2.55. The number of carbonyl (C=O) groups is 1. The summed E-state index contributed by atoms with van der Waals surface area (Å²) in [7, 11) is 0. The quantitative estimate of drug-likeness (QED) is 0.750. The standard InChI is InChI=1S/C17H15ClN4O2/c1-11-5-2-3-8-14(11)16-21-15(24-22-16)10-19-17(23)20-13-7-4-6-12(18)9-13/h2-9H,10H2,1H3,(H2,19,20,23). The first-order valence-electron chi connectivity index (χ1n) is 7.31. The molecule has 24 heavy (non-hydrogen) atoms. The smallest absolute Gasteiger partial charge is 0.319 e. The van der Waals surface area contributed by atoms with Crippen LogP contribution in [0.25, 0.3) is 11.4 Å². The Kier molecular flexibility index (Phi) is 4.77. The molecule has 122 valence electrons. The Morgan fingerprint density at radius 3 is 2.83 bits per heavy atom. The third kappa shape index (κ3) is 3.91. The van der Waals surface area contributed by atoms with E-state index in [1.807, 2.05) is 31.2 Å². The van der Waals surface area contributed by atoms with Gasteiger partial charge in [0, 0.05) is 16.3 Å². The molecule has 2 aromatic carbocycles. The van der Waals surface area contributed by atoms with Gasteiger partial charge in [0.1, 0.15) is 0 Å². The monoisotopic (exact) mass is 342 g/mol. The van der Waals surface area contributed by atoms with E-state index in [9.17, 15) is 4.79 Å². The average Bonchev–Trinajstić information content (AvgIpc) is 3.02. The molecule has 6 nitrogen and oxygen atoms in total. The topological polar surface area (TPSA) is 80.0 Å². The lowest BCUT2D eigenvalue weighted by Crippen LogP contribution is -2.28. The SMILES string of the molecule is Cc1ccccc1-c1noc(CNC(=O)Nc2cccc(Cl)c2)n1. The molecule has 1 aromatic heterocycles. The van der Waals surface area contributed by atoms with Gasteiger partial charge in [-0.3, -0.25) is 0 Å². The average molecular weight is 343 g/mol. The summed E-state index contributed by atoms with van der Waals surface area (Å²) >= 11 is 5.87. The predicted molar refractivity (Wildman–Crippen MR) is 91.8 cm³/mol. The zero-order valence-corrected chi connectivity index (χ0v) is 13.7. The molecule has 0 atom stereocenters. The molecular formula is C17H15ClN4O2. The van der Waals surface area contributed by atoms with Crippen LogP contribution in [0.3, 0.4) is 0 Å². The van der Waals surface area contributed by atoms with E-state index in [1.54, 1.807) is 24.3 Å². The molecule has 0 bridgehead atoms. The van der Waals surface area contributed by atoms with Crippen LogP contribution in [0.1, 0.15) is 11.5 Å². The van der Waals surface area contributed by atoms with Gasteiger partial charge in [0.15, 0.2) is 0 Å². The number of urea groups is 1. The van der Waals surface area contributed by atoms with Crippen molar-refractivity contribution >= 4 is 23.3 Å². The highest BCUT2D eigenvalue weighted by atomic mass is 35.5. The van der Waals surface area contributed by atoms with Crippen molar-refractivity contribution in [3.05, 3.63) is 65.0 Å². The maximum Gasteiger partial charge on any atom is 0.319 e. The number of benzene rings is 2. The van der Waals surface area contributed by atoms with Gasteiger partial charge in [-0.1, -0.05) is 47.1 Å². The van der Waals surface area contributed by atoms with Crippen LogP contribution in [0.5, 0.6) is 0 Å². The molecule has 2 amide bonds. The van der Waals surface area contributed by atoms with Crippen molar-refractivity contribution < 1.29 is 9.32 Å². The number of rotatable bonds is 4. The van der Waals surface area contributed by atoms with Crippen LogP contribution in [-0.4, -0.2) is 16.2 Å². The highest BCUT2D eigenvalue weighted by Crippen LogP contribution is 2.19. The maximum atomic E-state index is 11.9. The number of hydrogen-bond donors (Lipinski definition) is 2. The molecule has 0 unspecified atom stereocenters. The van der Waals surface area contributed by atoms with Crippen molar-refractivity contribution in [2.45, 2.75) is 13.5 Å². The Labute approximate surface area is 143 Å². The summed E-state index contributed by atoms with van der Waals surface area (Å²) < 4.78 is 5.17. The number of aromatic nitrogens is 2. The van der Waals surface area contributed by atoms with Gasteiger partial charge >= 0.3 is 6.03 Å². The summed E-state index contributed by atoms with van der Waals surface area (Å²) in [5.74, 6) is 0.828. The Balaban J connectivity index is 1.59. The first-order valence-corrected chi connectivity index (χ1v) is 7.68. The predicted octanol–water partition coefficient (Wildman–Crippen LogP) is 4.02. The number of carbonyl (C=O) groups excluding carboxylic acids is 1. The Morgan fingerprint density at radius 1 is 1.21 bits per heavy atom. The molecule has 0 aliphatic carbocycles. The van der Waals surface area contributed by atoms with E-state index in [4.69, 9.17) is 16.1 Å². The van der Waals surface area contributed by atoms with E-state index >= 15 is 0 Å². The van der Waals surface area contributed by atoms with Crippen LogP contribution >= 0.6 is 11.6 Å². The van der Waals surface area contributed by atoms with E-state index in [0.717, 1.165) is 11.1 Å². The molecule has 7 heteroatoms. The summed E-state index contributed by atoms with van der Waals surface area (Å²) in [6, 6.07) is 14.3. The van der Waals surface area contributed by atoms with E-state index < -0.39 is 0 Å². The molecule has 3 aromatic rings. The summed E-state index contributed by atoms with van der Waals surface area (Å²) in [5, 5.41) is 9.83. The zero-order chi connectivity index (χ0) is 16.9. The minimum atomic E-state index is -0.382. The van der Waals surface area contributed by atoms with Crippen LogP contribution in [0.2, 0.25) is 5.02 Å². The molecular weight excluding hydrogens is 328 g/mol. The first-order chi connectivity index (χ1) is 11.6. The van der Waals surface area contributed by atoms with Crippen LogP contribution in [0.15, 0.2) is 53.1 Å². The lowest BCUT2D eigenvalue weighted by molar-refractivity contribution is 0.249. The molecule has 0 aliphatic rings. The maximum absolute atomic E-state index is 11.9. The highest BCUT2D eigenvalue weighted by molar-refractivity contribution is 6.30. The molecule has 0 fully saturated rings. The normalized spacial score (nSPS) is 10.4. The second-order valence-corrected chi connectivity index (χ2v) is 5.58. The van der Waals surface area contributed by atoms with Gasteiger partial charge < -0.3 is 15.2 Å². The third-order valence-corrected chi connectivity index (χ3v) is 3.57. The molecule has 0 aliphatic heterocycles. The van der Waals surface area contributed by atoms with E-state index in [1.165, 1.54) is 0 Å². The van der Waals surface area contributed by atoms with Crippen molar-refractivity contribution in [1.29, 1.82) is 0 Å². The van der Waals surface area contributed by atoms with E-state index in [0.29, 0.717) is 22.4 Å². The first kappa shape index (κ1) is 16.0. The van der Waals surface area contributed by atoms with Crippen molar-refractivity contribution in [3.8, 4) is 11.4 Å². The summed E-state index contributed by atoms with van der Waals surface area (Å²) in [6.07, 6.45) is 0. The molecule has 1 heterocycles.